The Morgan fingerprint density at radius 1 is 1.02 bits per heavy atom. The van der Waals surface area contributed by atoms with E-state index in [1.807, 2.05) is 68.5 Å². The molecule has 4 aliphatic heterocycles. The zero-order valence-corrected chi connectivity index (χ0v) is 25.7. The van der Waals surface area contributed by atoms with Gasteiger partial charge in [-0.05, 0) is 49.9 Å². The number of ether oxygens (including phenoxy) is 2. The fourth-order valence-electron chi connectivity index (χ4n) is 7.28. The second-order valence-electron chi connectivity index (χ2n) is 12.3. The molecule has 0 aromatic heterocycles. The minimum Gasteiger partial charge on any atom is -0.455 e. The lowest BCUT2D eigenvalue weighted by Crippen LogP contribution is -2.55. The van der Waals surface area contributed by atoms with Gasteiger partial charge in [-0.2, -0.15) is 0 Å². The first-order valence-electron chi connectivity index (χ1n) is 15.5. The molecule has 0 unspecified atom stereocenters. The van der Waals surface area contributed by atoms with Gasteiger partial charge in [-0.1, -0.05) is 66.8 Å². The van der Waals surface area contributed by atoms with Crippen LogP contribution in [-0.4, -0.2) is 77.2 Å². The molecule has 10 heteroatoms. The topological polar surface area (TPSA) is 125 Å². The van der Waals surface area contributed by atoms with E-state index in [2.05, 4.69) is 5.32 Å². The number of hydrogen-bond acceptors (Lipinski definition) is 7. The Bertz CT molecular complexity index is 1560. The van der Waals surface area contributed by atoms with Crippen molar-refractivity contribution in [2.75, 3.05) is 24.6 Å². The molecule has 0 saturated carbocycles. The maximum absolute atomic E-state index is 14.5. The van der Waals surface area contributed by atoms with Gasteiger partial charge in [-0.15, -0.1) is 0 Å². The normalized spacial score (nSPS) is 32.4. The summed E-state index contributed by atoms with van der Waals surface area (Å²) in [5, 5.41) is 13.0. The van der Waals surface area contributed by atoms with Gasteiger partial charge in [0.25, 0.3) is 5.91 Å². The van der Waals surface area contributed by atoms with Gasteiger partial charge < -0.3 is 29.7 Å². The third-order valence-electron chi connectivity index (χ3n) is 9.34. The summed E-state index contributed by atoms with van der Waals surface area (Å²) in [6, 6.07) is 13.4. The molecule has 6 rings (SSSR count). The van der Waals surface area contributed by atoms with Crippen LogP contribution in [0.15, 0.2) is 72.8 Å². The van der Waals surface area contributed by atoms with E-state index in [9.17, 15) is 24.3 Å². The van der Waals surface area contributed by atoms with Gasteiger partial charge in [0.15, 0.2) is 0 Å². The van der Waals surface area contributed by atoms with Crippen LogP contribution in [0.5, 0.6) is 0 Å². The number of cyclic esters (lactones) is 1. The molecule has 2 aromatic rings. The van der Waals surface area contributed by atoms with Crippen LogP contribution in [-0.2, 0) is 28.7 Å². The van der Waals surface area contributed by atoms with Crippen LogP contribution in [0, 0.1) is 25.7 Å². The fourth-order valence-corrected chi connectivity index (χ4v) is 7.28. The van der Waals surface area contributed by atoms with Crippen LogP contribution >= 0.6 is 0 Å². The molecule has 1 spiro atoms. The number of fused-ring (bicyclic) bond motifs is 2. The molecule has 0 radical (unpaired) electrons. The molecular formula is C35H39N3O7. The molecular weight excluding hydrogens is 574 g/mol. The maximum Gasteiger partial charge on any atom is 0.313 e. The number of aliphatic hydroxyl groups is 1. The molecule has 4 heterocycles. The van der Waals surface area contributed by atoms with E-state index in [0.29, 0.717) is 12.0 Å². The Morgan fingerprint density at radius 2 is 1.80 bits per heavy atom. The number of amides is 3. The molecule has 2 saturated heterocycles. The molecule has 2 N–H and O–H groups in total. The van der Waals surface area contributed by atoms with Crippen molar-refractivity contribution < 1.29 is 33.8 Å². The van der Waals surface area contributed by atoms with E-state index in [1.54, 1.807) is 30.1 Å². The second-order valence-corrected chi connectivity index (χ2v) is 12.3. The smallest absolute Gasteiger partial charge is 0.313 e. The van der Waals surface area contributed by atoms with Crippen LogP contribution in [0.4, 0.5) is 5.69 Å². The van der Waals surface area contributed by atoms with Crippen molar-refractivity contribution in [2.45, 2.75) is 63.5 Å². The summed E-state index contributed by atoms with van der Waals surface area (Å²) in [7, 11) is 0. The maximum atomic E-state index is 14.5. The average molecular weight is 614 g/mol. The SMILES string of the molecule is Cc1ccc(C)c(N2CC=C[C@@]34O[C@H]5/C=C\CCC(=O)N[C@@H](C)[C@H](c6ccccc6)OC(=O)[C@H]5[C@@H]3C(=O)N(CCO)[C@H]4C2=O)c1. The Morgan fingerprint density at radius 3 is 2.56 bits per heavy atom. The number of carbonyl (C=O) groups excluding carboxylic acids is 4. The minimum atomic E-state index is -1.48. The number of β-amino-alcohol motifs (C(OH)–C–C–N with tert-alkyl or cyclic N) is 1. The summed E-state index contributed by atoms with van der Waals surface area (Å²) in [6.07, 6.45) is 5.98. The summed E-state index contributed by atoms with van der Waals surface area (Å²) in [4.78, 5) is 58.9. The van der Waals surface area contributed by atoms with E-state index in [0.717, 1.165) is 16.8 Å². The van der Waals surface area contributed by atoms with E-state index in [4.69, 9.17) is 9.47 Å². The molecule has 7 atom stereocenters. The average Bonchev–Trinajstić information content (AvgIpc) is 3.40. The molecule has 2 aromatic carbocycles. The highest BCUT2D eigenvalue weighted by Gasteiger charge is 2.71. The molecule has 0 aliphatic carbocycles. The van der Waals surface area contributed by atoms with Crippen molar-refractivity contribution in [2.24, 2.45) is 11.8 Å². The van der Waals surface area contributed by atoms with Gasteiger partial charge in [0.1, 0.15) is 23.7 Å². The highest BCUT2D eigenvalue weighted by atomic mass is 16.6. The first-order chi connectivity index (χ1) is 21.7. The lowest BCUT2D eigenvalue weighted by molar-refractivity contribution is -0.161. The molecule has 3 amide bonds. The number of likely N-dealkylation sites (tertiary alicyclic amines) is 1. The third kappa shape index (κ3) is 5.36. The summed E-state index contributed by atoms with van der Waals surface area (Å²) < 4.78 is 12.9. The van der Waals surface area contributed by atoms with Crippen LogP contribution < -0.4 is 10.2 Å². The number of carbonyl (C=O) groups is 4. The number of allylic oxidation sites excluding steroid dienone is 1. The number of benzene rings is 2. The van der Waals surface area contributed by atoms with Crippen molar-refractivity contribution in [1.29, 1.82) is 0 Å². The highest BCUT2D eigenvalue weighted by Crippen LogP contribution is 2.53. The first kappa shape index (κ1) is 30.7. The Labute approximate surface area is 262 Å². The third-order valence-corrected chi connectivity index (χ3v) is 9.34. The summed E-state index contributed by atoms with van der Waals surface area (Å²) in [5.41, 5.74) is 1.83. The highest BCUT2D eigenvalue weighted by molar-refractivity contribution is 6.06. The Balaban J connectivity index is 1.44. The van der Waals surface area contributed by atoms with E-state index in [1.165, 1.54) is 4.90 Å². The Kier molecular flexibility index (Phi) is 8.37. The number of esters is 1. The van der Waals surface area contributed by atoms with Crippen molar-refractivity contribution in [3.8, 4) is 0 Å². The number of aliphatic hydroxyl groups excluding tert-OH is 1. The molecule has 0 bridgehead atoms. The lowest BCUT2D eigenvalue weighted by Gasteiger charge is -2.35. The monoisotopic (exact) mass is 613 g/mol. The van der Waals surface area contributed by atoms with Gasteiger partial charge in [0.05, 0.1) is 24.7 Å². The first-order valence-corrected chi connectivity index (χ1v) is 15.5. The predicted octanol–water partition coefficient (Wildman–Crippen LogP) is 2.92. The number of nitrogens with one attached hydrogen (secondary N) is 1. The van der Waals surface area contributed by atoms with Crippen LogP contribution in [0.2, 0.25) is 0 Å². The Hall–Kier alpha value is -4.28. The van der Waals surface area contributed by atoms with E-state index >= 15 is 0 Å². The molecule has 2 fully saturated rings. The lowest BCUT2D eigenvalue weighted by atomic mass is 9.77. The van der Waals surface area contributed by atoms with Crippen molar-refractivity contribution in [3.05, 3.63) is 89.5 Å². The predicted molar refractivity (Wildman–Crippen MR) is 166 cm³/mol. The zero-order valence-electron chi connectivity index (χ0n) is 25.7. The van der Waals surface area contributed by atoms with Gasteiger partial charge in [-0.3, -0.25) is 19.2 Å². The van der Waals surface area contributed by atoms with Crippen LogP contribution in [0.1, 0.15) is 42.6 Å². The number of hydrogen-bond donors (Lipinski definition) is 2. The van der Waals surface area contributed by atoms with Crippen molar-refractivity contribution in [3.63, 3.8) is 0 Å². The second kappa shape index (κ2) is 12.3. The summed E-state index contributed by atoms with van der Waals surface area (Å²) in [5.74, 6) is -3.77. The van der Waals surface area contributed by atoms with E-state index in [-0.39, 0.29) is 37.9 Å². The minimum absolute atomic E-state index is 0.0939. The van der Waals surface area contributed by atoms with E-state index < -0.39 is 53.6 Å². The van der Waals surface area contributed by atoms with Crippen LogP contribution in [0.3, 0.4) is 0 Å². The fraction of sp³-hybridized carbons (Fsp3) is 0.429. The number of aryl methyl sites for hydroxylation is 2. The standard InChI is InChI=1S/C35H39N3O7/c1-21-14-15-22(2)25(20-21)37-17-9-16-35-29(32(41)38(18-19-39)31(35)33(37)42)28-26(45-35)12-7-8-13-27(40)36-23(3)30(44-34(28)43)24-10-5-4-6-11-24/h4-7,9-12,14-16,20,23,26,28-31,39H,8,13,17-19H2,1-3H3,(H,36,40)/b12-7-/t23-,26-,28+,29+,30+,31-,35+/m0/s1. The number of anilines is 1. The quantitative estimate of drug-likeness (QED) is 0.401. The molecule has 45 heavy (non-hydrogen) atoms. The summed E-state index contributed by atoms with van der Waals surface area (Å²) >= 11 is 0. The molecule has 10 nitrogen and oxygen atoms in total. The molecule has 236 valence electrons. The van der Waals surface area contributed by atoms with Gasteiger partial charge >= 0.3 is 5.97 Å². The van der Waals surface area contributed by atoms with Crippen molar-refractivity contribution in [1.82, 2.24) is 10.2 Å². The number of nitrogens with zero attached hydrogens (tertiary/aromatic N) is 2. The van der Waals surface area contributed by atoms with Crippen molar-refractivity contribution >= 4 is 29.4 Å². The van der Waals surface area contributed by atoms with Gasteiger partial charge in [0.2, 0.25) is 11.8 Å². The van der Waals surface area contributed by atoms with Gasteiger partial charge in [-0.25, -0.2) is 0 Å². The van der Waals surface area contributed by atoms with Gasteiger partial charge in [0, 0.05) is 25.2 Å². The largest absolute Gasteiger partial charge is 0.455 e. The zero-order chi connectivity index (χ0) is 31.9. The summed E-state index contributed by atoms with van der Waals surface area (Å²) in [6.45, 7) is 5.45. The van der Waals surface area contributed by atoms with Crippen LogP contribution in [0.25, 0.3) is 0 Å². The molecule has 4 aliphatic rings. The number of rotatable bonds is 4.